The van der Waals surface area contributed by atoms with Gasteiger partial charge in [-0.2, -0.15) is 0 Å². The summed E-state index contributed by atoms with van der Waals surface area (Å²) in [4.78, 5) is 0. The SMILES string of the molecule is COc1cc(Nc2csc3ccccc23)cc(OC)c1. The molecule has 1 N–H and O–H groups in total. The summed E-state index contributed by atoms with van der Waals surface area (Å²) in [6, 6.07) is 14.1. The first-order valence-corrected chi connectivity index (χ1v) is 7.14. The number of rotatable bonds is 4. The van der Waals surface area contributed by atoms with Crippen LogP contribution < -0.4 is 14.8 Å². The van der Waals surface area contributed by atoms with E-state index in [0.717, 1.165) is 22.9 Å². The van der Waals surface area contributed by atoms with Gasteiger partial charge in [0.1, 0.15) is 11.5 Å². The summed E-state index contributed by atoms with van der Waals surface area (Å²) in [5, 5.41) is 6.77. The van der Waals surface area contributed by atoms with Crippen molar-refractivity contribution in [1.82, 2.24) is 0 Å². The van der Waals surface area contributed by atoms with Crippen LogP contribution in [0.5, 0.6) is 11.5 Å². The Kier molecular flexibility index (Phi) is 3.48. The van der Waals surface area contributed by atoms with Crippen molar-refractivity contribution < 1.29 is 9.47 Å². The normalized spacial score (nSPS) is 10.5. The van der Waals surface area contributed by atoms with Gasteiger partial charge in [0.05, 0.1) is 19.9 Å². The summed E-state index contributed by atoms with van der Waals surface area (Å²) < 4.78 is 11.8. The molecule has 0 atom stereocenters. The van der Waals surface area contributed by atoms with E-state index in [4.69, 9.17) is 9.47 Å². The van der Waals surface area contributed by atoms with Crippen LogP contribution in [0.2, 0.25) is 0 Å². The molecular formula is C16H15NO2S. The van der Waals surface area contributed by atoms with Crippen molar-refractivity contribution in [2.24, 2.45) is 0 Å². The minimum atomic E-state index is 0.770. The molecule has 0 saturated carbocycles. The first-order chi connectivity index (χ1) is 9.80. The Morgan fingerprint density at radius 1 is 0.950 bits per heavy atom. The van der Waals surface area contributed by atoms with Gasteiger partial charge in [-0.05, 0) is 6.07 Å². The van der Waals surface area contributed by atoms with Crippen LogP contribution >= 0.6 is 11.3 Å². The third-order valence-electron chi connectivity index (χ3n) is 3.11. The van der Waals surface area contributed by atoms with E-state index in [0.29, 0.717) is 0 Å². The zero-order valence-electron chi connectivity index (χ0n) is 11.3. The predicted molar refractivity (Wildman–Crippen MR) is 84.7 cm³/mol. The van der Waals surface area contributed by atoms with E-state index in [-0.39, 0.29) is 0 Å². The van der Waals surface area contributed by atoms with Gasteiger partial charge in [-0.3, -0.25) is 0 Å². The van der Waals surface area contributed by atoms with Gasteiger partial charge in [0.15, 0.2) is 0 Å². The van der Waals surface area contributed by atoms with Gasteiger partial charge >= 0.3 is 0 Å². The van der Waals surface area contributed by atoms with Gasteiger partial charge in [0.2, 0.25) is 0 Å². The largest absolute Gasteiger partial charge is 0.497 e. The molecule has 102 valence electrons. The molecule has 0 bridgehead atoms. The highest BCUT2D eigenvalue weighted by Gasteiger charge is 2.06. The molecule has 2 aromatic carbocycles. The Balaban J connectivity index is 1.98. The van der Waals surface area contributed by atoms with Gasteiger partial charge in [-0.25, -0.2) is 0 Å². The average molecular weight is 285 g/mol. The standard InChI is InChI=1S/C16H15NO2S/c1-18-12-7-11(8-13(9-12)19-2)17-15-10-20-16-6-4-3-5-14(15)16/h3-10,17H,1-2H3. The summed E-state index contributed by atoms with van der Waals surface area (Å²) in [6.45, 7) is 0. The lowest BCUT2D eigenvalue weighted by atomic mass is 10.2. The summed E-state index contributed by atoms with van der Waals surface area (Å²) >= 11 is 1.73. The van der Waals surface area contributed by atoms with E-state index < -0.39 is 0 Å². The van der Waals surface area contributed by atoms with Gasteiger partial charge in [0, 0.05) is 39.4 Å². The summed E-state index contributed by atoms with van der Waals surface area (Å²) in [6.07, 6.45) is 0. The highest BCUT2D eigenvalue weighted by atomic mass is 32.1. The van der Waals surface area contributed by atoms with Gasteiger partial charge < -0.3 is 14.8 Å². The van der Waals surface area contributed by atoms with E-state index in [1.165, 1.54) is 10.1 Å². The molecule has 3 rings (SSSR count). The van der Waals surface area contributed by atoms with Crippen molar-refractivity contribution in [3.05, 3.63) is 47.8 Å². The Morgan fingerprint density at radius 3 is 2.35 bits per heavy atom. The third kappa shape index (κ3) is 2.42. The minimum absolute atomic E-state index is 0.770. The zero-order chi connectivity index (χ0) is 13.9. The number of ether oxygens (including phenoxy) is 2. The molecule has 0 aliphatic heterocycles. The highest BCUT2D eigenvalue weighted by molar-refractivity contribution is 7.17. The van der Waals surface area contributed by atoms with E-state index in [1.54, 1.807) is 25.6 Å². The van der Waals surface area contributed by atoms with Gasteiger partial charge in [-0.1, -0.05) is 18.2 Å². The van der Waals surface area contributed by atoms with Crippen molar-refractivity contribution in [1.29, 1.82) is 0 Å². The maximum atomic E-state index is 5.29. The number of fused-ring (bicyclic) bond motifs is 1. The average Bonchev–Trinajstić information content (AvgIpc) is 2.90. The maximum absolute atomic E-state index is 5.29. The van der Waals surface area contributed by atoms with Crippen molar-refractivity contribution in [3.8, 4) is 11.5 Å². The fourth-order valence-electron chi connectivity index (χ4n) is 2.11. The van der Waals surface area contributed by atoms with Crippen LogP contribution in [0, 0.1) is 0 Å². The molecule has 4 heteroatoms. The number of benzene rings is 2. The van der Waals surface area contributed by atoms with E-state index in [1.807, 2.05) is 24.3 Å². The molecule has 0 spiro atoms. The molecule has 20 heavy (non-hydrogen) atoms. The molecule has 3 aromatic rings. The van der Waals surface area contributed by atoms with Crippen molar-refractivity contribution >= 4 is 32.8 Å². The van der Waals surface area contributed by atoms with Crippen molar-refractivity contribution in [2.45, 2.75) is 0 Å². The number of methoxy groups -OCH3 is 2. The lowest BCUT2D eigenvalue weighted by Gasteiger charge is -2.10. The third-order valence-corrected chi connectivity index (χ3v) is 4.07. The quantitative estimate of drug-likeness (QED) is 0.756. The Labute approximate surface area is 121 Å². The second kappa shape index (κ2) is 5.43. The lowest BCUT2D eigenvalue weighted by molar-refractivity contribution is 0.395. The fourth-order valence-corrected chi connectivity index (χ4v) is 3.00. The van der Waals surface area contributed by atoms with Crippen LogP contribution in [0.1, 0.15) is 0 Å². The van der Waals surface area contributed by atoms with Crippen LogP contribution in [0.3, 0.4) is 0 Å². The predicted octanol–water partition coefficient (Wildman–Crippen LogP) is 4.66. The molecule has 1 heterocycles. The van der Waals surface area contributed by atoms with E-state index in [2.05, 4.69) is 28.9 Å². The topological polar surface area (TPSA) is 30.5 Å². The van der Waals surface area contributed by atoms with Crippen LogP contribution in [-0.4, -0.2) is 14.2 Å². The van der Waals surface area contributed by atoms with Crippen LogP contribution in [-0.2, 0) is 0 Å². The first-order valence-electron chi connectivity index (χ1n) is 6.26. The molecule has 1 aromatic heterocycles. The zero-order valence-corrected chi connectivity index (χ0v) is 12.2. The highest BCUT2D eigenvalue weighted by Crippen LogP contribution is 2.34. The number of anilines is 2. The molecule has 0 fully saturated rings. The summed E-state index contributed by atoms with van der Waals surface area (Å²) in [7, 11) is 3.30. The van der Waals surface area contributed by atoms with E-state index in [9.17, 15) is 0 Å². The summed E-state index contributed by atoms with van der Waals surface area (Å²) in [5.41, 5.74) is 2.05. The molecule has 0 aliphatic rings. The number of nitrogens with one attached hydrogen (secondary N) is 1. The van der Waals surface area contributed by atoms with Crippen LogP contribution in [0.15, 0.2) is 47.8 Å². The second-order valence-corrected chi connectivity index (χ2v) is 5.28. The maximum Gasteiger partial charge on any atom is 0.124 e. The molecule has 0 aliphatic carbocycles. The van der Waals surface area contributed by atoms with Gasteiger partial charge in [-0.15, -0.1) is 11.3 Å². The van der Waals surface area contributed by atoms with Crippen LogP contribution in [0.25, 0.3) is 10.1 Å². The van der Waals surface area contributed by atoms with Crippen LogP contribution in [0.4, 0.5) is 11.4 Å². The second-order valence-electron chi connectivity index (χ2n) is 4.37. The molecule has 0 radical (unpaired) electrons. The molecular weight excluding hydrogens is 270 g/mol. The Hall–Kier alpha value is -2.20. The Morgan fingerprint density at radius 2 is 1.65 bits per heavy atom. The summed E-state index contributed by atoms with van der Waals surface area (Å²) in [5.74, 6) is 1.54. The molecule has 3 nitrogen and oxygen atoms in total. The molecule has 0 amide bonds. The van der Waals surface area contributed by atoms with Crippen molar-refractivity contribution in [2.75, 3.05) is 19.5 Å². The fraction of sp³-hybridized carbons (Fsp3) is 0.125. The molecule has 0 saturated heterocycles. The lowest BCUT2D eigenvalue weighted by Crippen LogP contribution is -1.93. The van der Waals surface area contributed by atoms with E-state index >= 15 is 0 Å². The smallest absolute Gasteiger partial charge is 0.124 e. The number of thiophene rings is 1. The number of hydrogen-bond acceptors (Lipinski definition) is 4. The van der Waals surface area contributed by atoms with Gasteiger partial charge in [0.25, 0.3) is 0 Å². The minimum Gasteiger partial charge on any atom is -0.497 e. The first kappa shape index (κ1) is 12.8. The van der Waals surface area contributed by atoms with Crippen molar-refractivity contribution in [3.63, 3.8) is 0 Å². The Bertz CT molecular complexity index is 714. The monoisotopic (exact) mass is 285 g/mol. The molecule has 0 unspecified atom stereocenters. The number of hydrogen-bond donors (Lipinski definition) is 1.